The number of rotatable bonds is 7. The van der Waals surface area contributed by atoms with Crippen molar-refractivity contribution in [3.05, 3.63) is 76.8 Å². The van der Waals surface area contributed by atoms with E-state index in [0.717, 1.165) is 46.7 Å². The van der Waals surface area contributed by atoms with Crippen LogP contribution in [-0.2, 0) is 4.79 Å². The molecule has 1 amide bonds. The molecule has 0 bridgehead atoms. The van der Waals surface area contributed by atoms with Gasteiger partial charge >= 0.3 is 0 Å². The van der Waals surface area contributed by atoms with Gasteiger partial charge in [0.2, 0.25) is 5.95 Å². The molecule has 0 fully saturated rings. The van der Waals surface area contributed by atoms with Crippen molar-refractivity contribution in [1.82, 2.24) is 14.8 Å². The minimum atomic E-state index is -0.399. The normalized spacial score (nSPS) is 15.2. The van der Waals surface area contributed by atoms with Crippen molar-refractivity contribution >= 4 is 17.5 Å². The highest BCUT2D eigenvalue weighted by atomic mass is 16.5. The molecule has 166 valence electrons. The van der Waals surface area contributed by atoms with Gasteiger partial charge in [0, 0.05) is 11.4 Å². The Kier molecular flexibility index (Phi) is 6.25. The van der Waals surface area contributed by atoms with Gasteiger partial charge < -0.3 is 15.4 Å². The number of hydrogen-bond donors (Lipinski definition) is 2. The number of aromatic nitrogens is 3. The fourth-order valence-corrected chi connectivity index (χ4v) is 3.92. The molecule has 2 aromatic carbocycles. The Balaban J connectivity index is 1.66. The Morgan fingerprint density at radius 3 is 2.66 bits per heavy atom. The standard InChI is InChI=1S/C25H29N5O2/c1-5-6-13-32-20-10-8-19(9-11-20)23-22(18(4)28-25-26-15-27-30(23)25)24(31)29-21-12-7-16(2)14-17(21)3/h7-12,14-15,23H,5-6,13H2,1-4H3,(H,29,31)(H,26,27,28)/t23-/m1/s1. The average Bonchev–Trinajstić information content (AvgIpc) is 3.23. The van der Waals surface area contributed by atoms with Crippen LogP contribution in [0, 0.1) is 13.8 Å². The number of aryl methyl sites for hydroxylation is 2. The molecule has 0 aliphatic carbocycles. The molecular weight excluding hydrogens is 402 g/mol. The van der Waals surface area contributed by atoms with Crippen molar-refractivity contribution in [3.8, 4) is 5.75 Å². The first kappa shape index (κ1) is 21.6. The fourth-order valence-electron chi connectivity index (χ4n) is 3.92. The first-order chi connectivity index (χ1) is 15.5. The molecule has 7 heteroatoms. The molecule has 1 aliphatic heterocycles. The van der Waals surface area contributed by atoms with Crippen LogP contribution in [0.15, 0.2) is 60.1 Å². The lowest BCUT2D eigenvalue weighted by Gasteiger charge is -2.29. The van der Waals surface area contributed by atoms with Crippen LogP contribution in [0.1, 0.15) is 49.4 Å². The number of ether oxygens (including phenoxy) is 1. The molecule has 4 rings (SSSR count). The molecule has 7 nitrogen and oxygen atoms in total. The van der Waals surface area contributed by atoms with Crippen LogP contribution in [-0.4, -0.2) is 27.3 Å². The number of anilines is 2. The Morgan fingerprint density at radius 2 is 1.94 bits per heavy atom. The van der Waals surface area contributed by atoms with Crippen molar-refractivity contribution in [2.45, 2.75) is 46.6 Å². The zero-order valence-electron chi connectivity index (χ0n) is 19.0. The zero-order chi connectivity index (χ0) is 22.7. The Morgan fingerprint density at radius 1 is 1.16 bits per heavy atom. The molecule has 32 heavy (non-hydrogen) atoms. The number of benzene rings is 2. The molecule has 1 atom stereocenters. The molecule has 0 unspecified atom stereocenters. The Hall–Kier alpha value is -3.61. The highest BCUT2D eigenvalue weighted by molar-refractivity contribution is 6.06. The van der Waals surface area contributed by atoms with Crippen LogP contribution in [0.4, 0.5) is 11.6 Å². The number of carbonyl (C=O) groups excluding carboxylic acids is 1. The predicted octanol–water partition coefficient (Wildman–Crippen LogP) is 5.00. The Bertz CT molecular complexity index is 1150. The summed E-state index contributed by atoms with van der Waals surface area (Å²) < 4.78 is 7.55. The minimum Gasteiger partial charge on any atom is -0.494 e. The van der Waals surface area contributed by atoms with E-state index in [0.29, 0.717) is 18.1 Å². The third-order valence-corrected chi connectivity index (χ3v) is 5.63. The maximum atomic E-state index is 13.5. The van der Waals surface area contributed by atoms with Gasteiger partial charge in [0.1, 0.15) is 18.1 Å². The van der Waals surface area contributed by atoms with Gasteiger partial charge in [-0.05, 0) is 56.5 Å². The molecule has 3 aromatic rings. The van der Waals surface area contributed by atoms with Gasteiger partial charge in [0.15, 0.2) is 0 Å². The van der Waals surface area contributed by atoms with E-state index in [9.17, 15) is 4.79 Å². The quantitative estimate of drug-likeness (QED) is 0.515. The van der Waals surface area contributed by atoms with Crippen LogP contribution < -0.4 is 15.4 Å². The predicted molar refractivity (Wildman–Crippen MR) is 126 cm³/mol. The van der Waals surface area contributed by atoms with Crippen LogP contribution in [0.2, 0.25) is 0 Å². The fraction of sp³-hybridized carbons (Fsp3) is 0.320. The summed E-state index contributed by atoms with van der Waals surface area (Å²) in [6, 6.07) is 13.4. The van der Waals surface area contributed by atoms with Crippen molar-refractivity contribution in [1.29, 1.82) is 0 Å². The van der Waals surface area contributed by atoms with Crippen molar-refractivity contribution in [2.24, 2.45) is 0 Å². The van der Waals surface area contributed by atoms with Crippen LogP contribution in [0.3, 0.4) is 0 Å². The molecular formula is C25H29N5O2. The highest BCUT2D eigenvalue weighted by Crippen LogP contribution is 2.36. The summed E-state index contributed by atoms with van der Waals surface area (Å²) in [5, 5.41) is 10.7. The van der Waals surface area contributed by atoms with Crippen molar-refractivity contribution in [2.75, 3.05) is 17.2 Å². The maximum Gasteiger partial charge on any atom is 0.255 e. The lowest BCUT2D eigenvalue weighted by Crippen LogP contribution is -2.31. The second kappa shape index (κ2) is 9.26. The summed E-state index contributed by atoms with van der Waals surface area (Å²) in [6.07, 6.45) is 3.60. The minimum absolute atomic E-state index is 0.170. The molecule has 2 heterocycles. The number of fused-ring (bicyclic) bond motifs is 1. The first-order valence-electron chi connectivity index (χ1n) is 11.0. The molecule has 0 spiro atoms. The van der Waals surface area contributed by atoms with Crippen LogP contribution in [0.5, 0.6) is 5.75 Å². The van der Waals surface area contributed by atoms with E-state index in [-0.39, 0.29) is 5.91 Å². The summed E-state index contributed by atoms with van der Waals surface area (Å²) >= 11 is 0. The second-order valence-corrected chi connectivity index (χ2v) is 8.14. The van der Waals surface area contributed by atoms with Gasteiger partial charge in [-0.3, -0.25) is 4.79 Å². The second-order valence-electron chi connectivity index (χ2n) is 8.14. The van der Waals surface area contributed by atoms with Gasteiger partial charge in [-0.2, -0.15) is 10.1 Å². The number of hydrogen-bond acceptors (Lipinski definition) is 5. The summed E-state index contributed by atoms with van der Waals surface area (Å²) in [6.45, 7) is 8.75. The zero-order valence-corrected chi connectivity index (χ0v) is 19.0. The van der Waals surface area contributed by atoms with Crippen LogP contribution in [0.25, 0.3) is 0 Å². The van der Waals surface area contributed by atoms with E-state index in [1.54, 1.807) is 4.68 Å². The smallest absolute Gasteiger partial charge is 0.255 e. The van der Waals surface area contributed by atoms with E-state index >= 15 is 0 Å². The highest BCUT2D eigenvalue weighted by Gasteiger charge is 2.33. The molecule has 0 saturated heterocycles. The number of carbonyl (C=O) groups is 1. The molecule has 1 aliphatic rings. The molecule has 0 saturated carbocycles. The third-order valence-electron chi connectivity index (χ3n) is 5.63. The van der Waals surface area contributed by atoms with Crippen LogP contribution >= 0.6 is 0 Å². The topological polar surface area (TPSA) is 81.1 Å². The number of amides is 1. The molecule has 2 N–H and O–H groups in total. The monoisotopic (exact) mass is 431 g/mol. The summed E-state index contributed by atoms with van der Waals surface area (Å²) in [5.41, 5.74) is 5.26. The number of nitrogens with zero attached hydrogens (tertiary/aromatic N) is 3. The lowest BCUT2D eigenvalue weighted by atomic mass is 9.94. The largest absolute Gasteiger partial charge is 0.494 e. The van der Waals surface area contributed by atoms with E-state index in [2.05, 4.69) is 33.7 Å². The van der Waals surface area contributed by atoms with Crippen molar-refractivity contribution in [3.63, 3.8) is 0 Å². The van der Waals surface area contributed by atoms with Gasteiger partial charge in [-0.15, -0.1) is 0 Å². The van der Waals surface area contributed by atoms with Gasteiger partial charge in [-0.1, -0.05) is 43.2 Å². The van der Waals surface area contributed by atoms with E-state index in [4.69, 9.17) is 4.74 Å². The SMILES string of the molecule is CCCCOc1ccc([C@@H]2C(C(=O)Nc3ccc(C)cc3C)=C(C)Nc3ncnn32)cc1. The number of nitrogens with one attached hydrogen (secondary N) is 2. The number of allylic oxidation sites excluding steroid dienone is 1. The van der Waals surface area contributed by atoms with E-state index in [1.165, 1.54) is 6.33 Å². The number of unbranched alkanes of at least 4 members (excludes halogenated alkanes) is 1. The summed E-state index contributed by atoms with van der Waals surface area (Å²) in [4.78, 5) is 17.8. The van der Waals surface area contributed by atoms with Gasteiger partial charge in [-0.25, -0.2) is 4.68 Å². The van der Waals surface area contributed by atoms with E-state index in [1.807, 2.05) is 57.2 Å². The van der Waals surface area contributed by atoms with Crippen molar-refractivity contribution < 1.29 is 9.53 Å². The average molecular weight is 432 g/mol. The molecule has 0 radical (unpaired) electrons. The van der Waals surface area contributed by atoms with E-state index < -0.39 is 6.04 Å². The summed E-state index contributed by atoms with van der Waals surface area (Å²) in [5.74, 6) is 1.26. The molecule has 1 aromatic heterocycles. The Labute approximate surface area is 188 Å². The lowest BCUT2D eigenvalue weighted by molar-refractivity contribution is -0.113. The third kappa shape index (κ3) is 4.37. The summed E-state index contributed by atoms with van der Waals surface area (Å²) in [7, 11) is 0. The van der Waals surface area contributed by atoms with Gasteiger partial charge in [0.25, 0.3) is 5.91 Å². The first-order valence-corrected chi connectivity index (χ1v) is 11.0. The maximum absolute atomic E-state index is 13.5. The van der Waals surface area contributed by atoms with Gasteiger partial charge in [0.05, 0.1) is 12.2 Å².